The van der Waals surface area contributed by atoms with Crippen molar-refractivity contribution in [3.8, 4) is 11.5 Å². The van der Waals surface area contributed by atoms with Crippen LogP contribution in [0.3, 0.4) is 0 Å². The SMILES string of the molecule is COc1cccc(C(=O)N2CCC[C@@](COc3ccc(F)cc3)(CC(=O)N3CCCCC3)C2)c1. The molecule has 34 heavy (non-hydrogen) atoms. The number of rotatable bonds is 7. The van der Waals surface area contributed by atoms with Crippen molar-refractivity contribution in [3.63, 3.8) is 0 Å². The fourth-order valence-corrected chi connectivity index (χ4v) is 4.98. The van der Waals surface area contributed by atoms with Crippen LogP contribution in [0.1, 0.15) is 48.9 Å². The Morgan fingerprint density at radius 1 is 0.941 bits per heavy atom. The second kappa shape index (κ2) is 10.9. The Bertz CT molecular complexity index is 990. The van der Waals surface area contributed by atoms with E-state index in [2.05, 4.69) is 0 Å². The maximum absolute atomic E-state index is 13.3. The molecule has 2 heterocycles. The molecular formula is C27H33FN2O4. The van der Waals surface area contributed by atoms with Gasteiger partial charge < -0.3 is 19.3 Å². The predicted octanol–water partition coefficient (Wildman–Crippen LogP) is 4.54. The third-order valence-electron chi connectivity index (χ3n) is 6.86. The number of carbonyl (C=O) groups excluding carboxylic acids is 2. The summed E-state index contributed by atoms with van der Waals surface area (Å²) in [5, 5.41) is 0. The maximum atomic E-state index is 13.3. The van der Waals surface area contributed by atoms with Crippen LogP contribution in [0.5, 0.6) is 11.5 Å². The van der Waals surface area contributed by atoms with Crippen molar-refractivity contribution in [2.24, 2.45) is 5.41 Å². The second-order valence-corrected chi connectivity index (χ2v) is 9.42. The zero-order valence-corrected chi connectivity index (χ0v) is 19.8. The molecule has 2 amide bonds. The second-order valence-electron chi connectivity index (χ2n) is 9.42. The summed E-state index contributed by atoms with van der Waals surface area (Å²) in [6.45, 7) is 2.94. The first-order valence-corrected chi connectivity index (χ1v) is 12.1. The Labute approximate surface area is 200 Å². The van der Waals surface area contributed by atoms with Gasteiger partial charge in [0.1, 0.15) is 17.3 Å². The molecule has 0 spiro atoms. The number of hydrogen-bond acceptors (Lipinski definition) is 4. The van der Waals surface area contributed by atoms with E-state index < -0.39 is 5.41 Å². The molecule has 1 atom stereocenters. The molecule has 0 unspecified atom stereocenters. The minimum Gasteiger partial charge on any atom is -0.497 e. The highest BCUT2D eigenvalue weighted by Gasteiger charge is 2.41. The van der Waals surface area contributed by atoms with Crippen molar-refractivity contribution in [1.82, 2.24) is 9.80 Å². The lowest BCUT2D eigenvalue weighted by Gasteiger charge is -2.43. The molecule has 4 rings (SSSR count). The molecule has 2 fully saturated rings. The van der Waals surface area contributed by atoms with E-state index in [0.29, 0.717) is 43.2 Å². The van der Waals surface area contributed by atoms with Crippen molar-refractivity contribution in [2.45, 2.75) is 38.5 Å². The molecule has 182 valence electrons. The fourth-order valence-electron chi connectivity index (χ4n) is 4.98. The summed E-state index contributed by atoms with van der Waals surface area (Å²) in [4.78, 5) is 30.4. The third kappa shape index (κ3) is 5.88. The highest BCUT2D eigenvalue weighted by atomic mass is 19.1. The molecule has 2 aromatic rings. The Morgan fingerprint density at radius 3 is 2.41 bits per heavy atom. The summed E-state index contributed by atoms with van der Waals surface area (Å²) in [7, 11) is 1.58. The predicted molar refractivity (Wildman–Crippen MR) is 128 cm³/mol. The maximum Gasteiger partial charge on any atom is 0.254 e. The highest BCUT2D eigenvalue weighted by Crippen LogP contribution is 2.36. The fraction of sp³-hybridized carbons (Fsp3) is 0.481. The molecule has 2 aliphatic rings. The number of nitrogens with zero attached hydrogens (tertiary/aromatic N) is 2. The quantitative estimate of drug-likeness (QED) is 0.599. The summed E-state index contributed by atoms with van der Waals surface area (Å²) in [5.74, 6) is 0.916. The van der Waals surface area contributed by atoms with Gasteiger partial charge in [-0.05, 0) is 74.6 Å². The van der Waals surface area contributed by atoms with E-state index in [4.69, 9.17) is 9.47 Å². The zero-order valence-electron chi connectivity index (χ0n) is 19.8. The lowest BCUT2D eigenvalue weighted by atomic mass is 9.77. The minimum absolute atomic E-state index is 0.0739. The number of benzene rings is 2. The molecular weight excluding hydrogens is 435 g/mol. The van der Waals surface area contributed by atoms with Gasteiger partial charge >= 0.3 is 0 Å². The van der Waals surface area contributed by atoms with Gasteiger partial charge in [-0.1, -0.05) is 6.07 Å². The first kappa shape index (κ1) is 24.0. The van der Waals surface area contributed by atoms with E-state index in [1.54, 1.807) is 37.4 Å². The van der Waals surface area contributed by atoms with Crippen LogP contribution >= 0.6 is 0 Å². The van der Waals surface area contributed by atoms with Gasteiger partial charge in [0.05, 0.1) is 13.7 Å². The van der Waals surface area contributed by atoms with Gasteiger partial charge in [-0.2, -0.15) is 0 Å². The minimum atomic E-state index is -0.504. The molecule has 2 aliphatic heterocycles. The standard InChI is InChI=1S/C27H33FN2O4/c1-33-24-8-5-7-21(17-24)26(32)30-16-6-13-27(19-30,18-25(31)29-14-3-2-4-15-29)20-34-23-11-9-22(28)10-12-23/h5,7-12,17H,2-4,6,13-16,18-20H2,1H3/t27-/m1/s1. The average Bonchev–Trinajstić information content (AvgIpc) is 2.88. The third-order valence-corrected chi connectivity index (χ3v) is 6.86. The van der Waals surface area contributed by atoms with Crippen LogP contribution in [0, 0.1) is 11.2 Å². The zero-order chi connectivity index (χ0) is 24.0. The molecule has 7 heteroatoms. The monoisotopic (exact) mass is 468 g/mol. The van der Waals surface area contributed by atoms with Crippen LogP contribution in [0.2, 0.25) is 0 Å². The molecule has 2 saturated heterocycles. The van der Waals surface area contributed by atoms with Crippen molar-refractivity contribution in [3.05, 3.63) is 59.9 Å². The molecule has 0 radical (unpaired) electrons. The van der Waals surface area contributed by atoms with Gasteiger partial charge in [0.15, 0.2) is 0 Å². The van der Waals surface area contributed by atoms with Crippen LogP contribution in [-0.4, -0.2) is 61.5 Å². The molecule has 0 bridgehead atoms. The van der Waals surface area contributed by atoms with Gasteiger partial charge in [0, 0.05) is 43.6 Å². The topological polar surface area (TPSA) is 59.1 Å². The van der Waals surface area contributed by atoms with Crippen molar-refractivity contribution >= 4 is 11.8 Å². The summed E-state index contributed by atoms with van der Waals surface area (Å²) >= 11 is 0. The molecule has 0 aromatic heterocycles. The first-order valence-electron chi connectivity index (χ1n) is 12.1. The van der Waals surface area contributed by atoms with E-state index in [0.717, 1.165) is 45.2 Å². The summed E-state index contributed by atoms with van der Waals surface area (Å²) in [6.07, 6.45) is 5.13. The van der Waals surface area contributed by atoms with Gasteiger partial charge in [0.25, 0.3) is 5.91 Å². The summed E-state index contributed by atoms with van der Waals surface area (Å²) < 4.78 is 24.7. The number of ether oxygens (including phenoxy) is 2. The number of hydrogen-bond donors (Lipinski definition) is 0. The van der Waals surface area contributed by atoms with E-state index in [9.17, 15) is 14.0 Å². The van der Waals surface area contributed by atoms with Crippen molar-refractivity contribution < 1.29 is 23.5 Å². The highest BCUT2D eigenvalue weighted by molar-refractivity contribution is 5.94. The van der Waals surface area contributed by atoms with Crippen molar-refractivity contribution in [2.75, 3.05) is 39.9 Å². The number of likely N-dealkylation sites (tertiary alicyclic amines) is 2. The molecule has 6 nitrogen and oxygen atoms in total. The van der Waals surface area contributed by atoms with Crippen molar-refractivity contribution in [1.29, 1.82) is 0 Å². The van der Waals surface area contributed by atoms with E-state index in [-0.39, 0.29) is 17.6 Å². The molecule has 0 N–H and O–H groups in total. The van der Waals surface area contributed by atoms with Gasteiger partial charge in [-0.25, -0.2) is 4.39 Å². The Hall–Kier alpha value is -3.09. The van der Waals surface area contributed by atoms with Crippen LogP contribution in [-0.2, 0) is 4.79 Å². The lowest BCUT2D eigenvalue weighted by Crippen LogP contribution is -2.51. The van der Waals surface area contributed by atoms with Crippen LogP contribution in [0.25, 0.3) is 0 Å². The van der Waals surface area contributed by atoms with Gasteiger partial charge in [-0.3, -0.25) is 9.59 Å². The Balaban J connectivity index is 1.53. The normalized spacial score (nSPS) is 20.6. The number of piperidine rings is 2. The lowest BCUT2D eigenvalue weighted by molar-refractivity contribution is -0.136. The summed E-state index contributed by atoms with van der Waals surface area (Å²) in [6, 6.07) is 13.1. The number of amides is 2. The van der Waals surface area contributed by atoms with E-state index in [1.165, 1.54) is 12.1 Å². The van der Waals surface area contributed by atoms with Crippen LogP contribution in [0.4, 0.5) is 4.39 Å². The number of halogens is 1. The number of carbonyl (C=O) groups is 2. The molecule has 0 aliphatic carbocycles. The Kier molecular flexibility index (Phi) is 7.70. The molecule has 2 aromatic carbocycles. The van der Waals surface area contributed by atoms with Crippen LogP contribution < -0.4 is 9.47 Å². The van der Waals surface area contributed by atoms with E-state index in [1.807, 2.05) is 15.9 Å². The largest absolute Gasteiger partial charge is 0.497 e. The smallest absolute Gasteiger partial charge is 0.254 e. The van der Waals surface area contributed by atoms with E-state index >= 15 is 0 Å². The first-order chi connectivity index (χ1) is 16.5. The summed E-state index contributed by atoms with van der Waals surface area (Å²) in [5.41, 5.74) is 0.0624. The van der Waals surface area contributed by atoms with Gasteiger partial charge in [-0.15, -0.1) is 0 Å². The van der Waals surface area contributed by atoms with Gasteiger partial charge in [0.2, 0.25) is 5.91 Å². The number of methoxy groups -OCH3 is 1. The Morgan fingerprint density at radius 2 is 1.68 bits per heavy atom. The molecule has 0 saturated carbocycles. The van der Waals surface area contributed by atoms with Crippen LogP contribution in [0.15, 0.2) is 48.5 Å². The average molecular weight is 469 g/mol.